The lowest BCUT2D eigenvalue weighted by Gasteiger charge is -2.40. The summed E-state index contributed by atoms with van der Waals surface area (Å²) in [5.41, 5.74) is 2.11. The molecule has 61 heavy (non-hydrogen) atoms. The Morgan fingerprint density at radius 3 is 2.30 bits per heavy atom. The second kappa shape index (κ2) is 23.3. The fourth-order valence-electron chi connectivity index (χ4n) is 6.93. The van der Waals surface area contributed by atoms with E-state index >= 15 is 0 Å². The molecule has 1 heterocycles. The average Bonchev–Trinajstić information content (AvgIpc) is 3.21. The molecular weight excluding hydrogens is 779 g/mol. The fourth-order valence-corrected chi connectivity index (χ4v) is 6.93. The molecule has 4 amide bonds. The summed E-state index contributed by atoms with van der Waals surface area (Å²) >= 11 is 0. The average molecular weight is 848 g/mol. The van der Waals surface area contributed by atoms with Crippen molar-refractivity contribution in [1.29, 1.82) is 0 Å². The van der Waals surface area contributed by atoms with E-state index in [0.29, 0.717) is 73.0 Å². The molecule has 1 aliphatic carbocycles. The van der Waals surface area contributed by atoms with Crippen LogP contribution in [0.3, 0.4) is 0 Å². The van der Waals surface area contributed by atoms with Crippen LogP contribution in [0.25, 0.3) is 0 Å². The van der Waals surface area contributed by atoms with Crippen LogP contribution in [0, 0.1) is 6.92 Å². The van der Waals surface area contributed by atoms with E-state index in [1.165, 1.54) is 0 Å². The van der Waals surface area contributed by atoms with E-state index in [1.54, 1.807) is 69.1 Å². The number of amides is 4. The highest BCUT2D eigenvalue weighted by Gasteiger charge is 2.43. The van der Waals surface area contributed by atoms with E-state index in [4.69, 9.17) is 23.7 Å². The van der Waals surface area contributed by atoms with Crippen molar-refractivity contribution in [1.82, 2.24) is 20.4 Å². The van der Waals surface area contributed by atoms with E-state index in [0.717, 1.165) is 51.0 Å². The van der Waals surface area contributed by atoms with Gasteiger partial charge in [0.25, 0.3) is 11.8 Å². The highest BCUT2D eigenvalue weighted by atomic mass is 16.7. The van der Waals surface area contributed by atoms with Crippen LogP contribution in [-0.4, -0.2) is 118 Å². The number of likely N-dealkylation sites (N-methyl/N-ethyl adjacent to an activating group) is 2. The number of ether oxygens (including phenoxy) is 5. The number of benzene rings is 2. The highest BCUT2D eigenvalue weighted by Crippen LogP contribution is 2.38. The molecule has 0 aromatic heterocycles. The van der Waals surface area contributed by atoms with Gasteiger partial charge in [0.15, 0.2) is 0 Å². The van der Waals surface area contributed by atoms with Crippen LogP contribution in [0.15, 0.2) is 65.9 Å². The summed E-state index contributed by atoms with van der Waals surface area (Å²) in [6.07, 6.45) is 6.72. The Hall–Kier alpha value is -4.92. The van der Waals surface area contributed by atoms with Crippen molar-refractivity contribution in [2.24, 2.45) is 0 Å². The lowest BCUT2D eigenvalue weighted by Crippen LogP contribution is -2.49. The van der Waals surface area contributed by atoms with Crippen molar-refractivity contribution in [2.45, 2.75) is 111 Å². The second-order valence-electron chi connectivity index (χ2n) is 17.0. The molecule has 2 N–H and O–H groups in total. The third kappa shape index (κ3) is 15.2. The summed E-state index contributed by atoms with van der Waals surface area (Å²) in [5.74, 6) is -0.991. The summed E-state index contributed by atoms with van der Waals surface area (Å²) in [5, 5.41) is 5.73. The molecule has 2 aliphatic rings. The minimum atomic E-state index is -1.47. The third-order valence-electron chi connectivity index (χ3n) is 10.1. The molecule has 1 atom stereocenters. The first-order chi connectivity index (χ1) is 29.0. The molecule has 0 saturated carbocycles. The van der Waals surface area contributed by atoms with Gasteiger partial charge in [0, 0.05) is 58.2 Å². The Labute approximate surface area is 362 Å². The number of hydrogen-bond acceptors (Lipinski definition) is 10. The largest absolute Gasteiger partial charge is 0.493 e. The monoisotopic (exact) mass is 848 g/mol. The maximum Gasteiger partial charge on any atom is 0.407 e. The Morgan fingerprint density at radius 1 is 0.885 bits per heavy atom. The molecule has 1 unspecified atom stereocenters. The molecule has 1 aliphatic heterocycles. The van der Waals surface area contributed by atoms with Crippen molar-refractivity contribution >= 4 is 29.5 Å². The maximum atomic E-state index is 14.3. The van der Waals surface area contributed by atoms with Crippen LogP contribution >= 0.6 is 0 Å². The Balaban J connectivity index is 1.44. The van der Waals surface area contributed by atoms with Crippen LogP contribution in [0.5, 0.6) is 11.5 Å². The van der Waals surface area contributed by atoms with Gasteiger partial charge < -0.3 is 49.0 Å². The van der Waals surface area contributed by atoms with Crippen LogP contribution in [0.1, 0.15) is 102 Å². The van der Waals surface area contributed by atoms with Gasteiger partial charge in [0.2, 0.25) is 11.7 Å². The molecule has 0 bridgehead atoms. The van der Waals surface area contributed by atoms with Crippen LogP contribution in [-0.2, 0) is 23.8 Å². The number of nitrogens with zero attached hydrogens (tertiary/aromatic N) is 3. The number of carbonyl (C=O) groups excluding carboxylic acids is 4. The maximum absolute atomic E-state index is 14.3. The number of carbonyl (C=O) groups is 4. The number of unbranched alkanes of at least 4 members (excludes halogenated alkanes) is 2. The van der Waals surface area contributed by atoms with E-state index in [9.17, 15) is 19.2 Å². The zero-order valence-electron chi connectivity index (χ0n) is 37.9. The molecule has 336 valence electrons. The van der Waals surface area contributed by atoms with Crippen LogP contribution in [0.4, 0.5) is 10.5 Å². The number of nitrogens with one attached hydrogen (secondary N) is 2. The normalized spacial score (nSPS) is 17.0. The topological polar surface area (TPSA) is 148 Å². The zero-order valence-corrected chi connectivity index (χ0v) is 37.9. The van der Waals surface area contributed by atoms with Crippen molar-refractivity contribution in [2.75, 3.05) is 71.5 Å². The minimum Gasteiger partial charge on any atom is -0.493 e. The van der Waals surface area contributed by atoms with Crippen molar-refractivity contribution in [3.8, 4) is 11.5 Å². The predicted octanol–water partition coefficient (Wildman–Crippen LogP) is 7.16. The molecule has 2 aromatic rings. The Kier molecular flexibility index (Phi) is 18.6. The number of anilines is 1. The molecular formula is C47H69N5O9. The summed E-state index contributed by atoms with van der Waals surface area (Å²) < 4.78 is 30.5. The number of alkyl carbamates (subject to hydrolysis) is 1. The molecule has 2 aromatic carbocycles. The van der Waals surface area contributed by atoms with Gasteiger partial charge in [-0.15, -0.1) is 0 Å². The Morgan fingerprint density at radius 2 is 1.59 bits per heavy atom. The molecule has 0 spiro atoms. The molecule has 4 rings (SSSR count). The number of piperazine rings is 1. The van der Waals surface area contributed by atoms with Gasteiger partial charge in [-0.1, -0.05) is 31.2 Å². The quantitative estimate of drug-likeness (QED) is 0.0980. The van der Waals surface area contributed by atoms with E-state index in [-0.39, 0.29) is 30.9 Å². The summed E-state index contributed by atoms with van der Waals surface area (Å²) in [6.45, 7) is 17.9. The first kappa shape index (κ1) is 48.7. The first-order valence-electron chi connectivity index (χ1n) is 21.7. The summed E-state index contributed by atoms with van der Waals surface area (Å²) in [6, 6.07) is 12.7. The predicted molar refractivity (Wildman–Crippen MR) is 237 cm³/mol. The number of aryl methyl sites for hydroxylation is 1. The van der Waals surface area contributed by atoms with Crippen molar-refractivity contribution < 1.29 is 42.9 Å². The molecule has 1 fully saturated rings. The van der Waals surface area contributed by atoms with Gasteiger partial charge in [-0.2, -0.15) is 0 Å². The number of rotatable bonds is 21. The lowest BCUT2D eigenvalue weighted by molar-refractivity contribution is -0.231. The highest BCUT2D eigenvalue weighted by molar-refractivity contribution is 6.06. The summed E-state index contributed by atoms with van der Waals surface area (Å²) in [7, 11) is 3.80. The lowest BCUT2D eigenvalue weighted by atomic mass is 9.94. The number of hydrogen-bond donors (Lipinski definition) is 2. The third-order valence-corrected chi connectivity index (χ3v) is 10.1. The van der Waals surface area contributed by atoms with Gasteiger partial charge >= 0.3 is 6.09 Å². The molecule has 1 saturated heterocycles. The van der Waals surface area contributed by atoms with E-state index in [1.807, 2.05) is 50.8 Å². The van der Waals surface area contributed by atoms with E-state index < -0.39 is 23.4 Å². The van der Waals surface area contributed by atoms with Gasteiger partial charge in [0.1, 0.15) is 17.1 Å². The summed E-state index contributed by atoms with van der Waals surface area (Å²) in [4.78, 5) is 58.8. The van der Waals surface area contributed by atoms with Crippen LogP contribution < -0.4 is 25.0 Å². The first-order valence-corrected chi connectivity index (χ1v) is 21.7. The SMILES string of the molecule is CCCOC1(OC(C)C)CC(C(=O)N(C)c2ccc(C)cc2OCCCCCC(=O)N2CCN(C)CC2)=CC=C1NC(=O)c1ccccc1OCCCNC(=O)OC(C)(C)C. The molecule has 14 heteroatoms. The molecule has 0 radical (unpaired) electrons. The zero-order chi connectivity index (χ0) is 44.6. The van der Waals surface area contributed by atoms with Gasteiger partial charge in [-0.05, 0) is 117 Å². The molecule has 14 nitrogen and oxygen atoms in total. The van der Waals surface area contributed by atoms with Gasteiger partial charge in [0.05, 0.1) is 42.9 Å². The fraction of sp³-hybridized carbons (Fsp3) is 0.574. The number of allylic oxidation sites excluding steroid dienone is 2. The smallest absolute Gasteiger partial charge is 0.407 e. The van der Waals surface area contributed by atoms with E-state index in [2.05, 4.69) is 22.6 Å². The Bertz CT molecular complexity index is 1850. The minimum absolute atomic E-state index is 0.0398. The van der Waals surface area contributed by atoms with Gasteiger partial charge in [-0.3, -0.25) is 14.4 Å². The van der Waals surface area contributed by atoms with Crippen molar-refractivity contribution in [3.05, 3.63) is 77.0 Å². The standard InChI is InChI=1S/C47H69N5O9/c1-10-29-59-47(60-34(2)3)33-36(21-23-41(47)49-43(54)37-17-13-14-18-39(37)57-31-16-24-48-45(56)61-46(5,6)7)44(55)51(9)38-22-20-35(4)32-40(38)58-30-15-11-12-19-42(53)52-27-25-50(8)26-28-52/h13-14,17-18,20-23,32,34H,10-12,15-16,19,24-31,33H2,1-9H3,(H,48,56)(H,49,54). The van der Waals surface area contributed by atoms with Crippen LogP contribution in [0.2, 0.25) is 0 Å². The van der Waals surface area contributed by atoms with Gasteiger partial charge in [-0.25, -0.2) is 4.79 Å². The second-order valence-corrected chi connectivity index (χ2v) is 17.0. The number of para-hydroxylation sites is 1. The van der Waals surface area contributed by atoms with Crippen molar-refractivity contribution in [3.63, 3.8) is 0 Å².